The zero-order valence-electron chi connectivity index (χ0n) is 13.3. The largest absolute Gasteiger partial charge is 0.497 e. The molecule has 0 fully saturated rings. The van der Waals surface area contributed by atoms with E-state index in [4.69, 9.17) is 4.74 Å². The molecule has 23 heavy (non-hydrogen) atoms. The van der Waals surface area contributed by atoms with E-state index >= 15 is 0 Å². The van der Waals surface area contributed by atoms with E-state index in [1.807, 2.05) is 0 Å². The first kappa shape index (κ1) is 16.9. The number of sulfonamides is 1. The number of nitrogens with zero attached hydrogens (tertiary/aromatic N) is 1. The molecule has 1 N–H and O–H groups in total. The Kier molecular flexibility index (Phi) is 4.65. The molecule has 2 rings (SSSR count). The van der Waals surface area contributed by atoms with Gasteiger partial charge in [-0.15, -0.1) is 0 Å². The van der Waals surface area contributed by atoms with Crippen LogP contribution in [0.2, 0.25) is 0 Å². The number of benzene rings is 1. The van der Waals surface area contributed by atoms with Gasteiger partial charge in [0.15, 0.2) is 0 Å². The standard InChI is InChI=1S/C15H18N2O5S/c1-10-14(9-13(17(10)2)15(18)22-4)23(19,20)16-11-5-7-12(21-3)8-6-11/h5-9,16H,1-4H3. The lowest BCUT2D eigenvalue weighted by Gasteiger charge is -2.09. The van der Waals surface area contributed by atoms with Crippen LogP contribution in [0.5, 0.6) is 5.75 Å². The predicted octanol–water partition coefficient (Wildman–Crippen LogP) is 1.93. The van der Waals surface area contributed by atoms with Crippen molar-refractivity contribution in [1.29, 1.82) is 0 Å². The molecule has 0 saturated carbocycles. The van der Waals surface area contributed by atoms with Gasteiger partial charge in [0, 0.05) is 18.4 Å². The van der Waals surface area contributed by atoms with Crippen molar-refractivity contribution in [3.63, 3.8) is 0 Å². The Morgan fingerprint density at radius 3 is 2.30 bits per heavy atom. The quantitative estimate of drug-likeness (QED) is 0.842. The lowest BCUT2D eigenvalue weighted by atomic mass is 10.3. The van der Waals surface area contributed by atoms with E-state index in [9.17, 15) is 13.2 Å². The molecule has 2 aromatic rings. The second-order valence-corrected chi connectivity index (χ2v) is 6.51. The number of esters is 1. The van der Waals surface area contributed by atoms with Crippen LogP contribution in [0.4, 0.5) is 5.69 Å². The zero-order valence-corrected chi connectivity index (χ0v) is 14.1. The monoisotopic (exact) mass is 338 g/mol. The summed E-state index contributed by atoms with van der Waals surface area (Å²) < 4.78 is 38.7. The number of nitrogens with one attached hydrogen (secondary N) is 1. The molecule has 0 aliphatic carbocycles. The normalized spacial score (nSPS) is 11.1. The van der Waals surface area contributed by atoms with Crippen molar-refractivity contribution < 1.29 is 22.7 Å². The lowest BCUT2D eigenvalue weighted by molar-refractivity contribution is 0.0589. The van der Waals surface area contributed by atoms with E-state index in [0.717, 1.165) is 0 Å². The molecular weight excluding hydrogens is 320 g/mol. The van der Waals surface area contributed by atoms with Crippen molar-refractivity contribution in [1.82, 2.24) is 4.57 Å². The summed E-state index contributed by atoms with van der Waals surface area (Å²) in [7, 11) is 0.552. The van der Waals surface area contributed by atoms with Gasteiger partial charge in [-0.1, -0.05) is 0 Å². The Balaban J connectivity index is 2.37. The highest BCUT2D eigenvalue weighted by molar-refractivity contribution is 7.92. The van der Waals surface area contributed by atoms with E-state index in [0.29, 0.717) is 17.1 Å². The number of methoxy groups -OCH3 is 2. The first-order valence-corrected chi connectivity index (χ1v) is 8.20. The number of rotatable bonds is 5. The highest BCUT2D eigenvalue weighted by Crippen LogP contribution is 2.24. The fourth-order valence-corrected chi connectivity index (χ4v) is 3.46. The van der Waals surface area contributed by atoms with Gasteiger partial charge >= 0.3 is 5.97 Å². The number of ether oxygens (including phenoxy) is 2. The van der Waals surface area contributed by atoms with Crippen LogP contribution in [0.15, 0.2) is 35.2 Å². The molecule has 0 aliphatic heterocycles. The average molecular weight is 338 g/mol. The first-order chi connectivity index (χ1) is 10.8. The SMILES string of the molecule is COC(=O)c1cc(S(=O)(=O)Nc2ccc(OC)cc2)c(C)n1C. The third-order valence-corrected chi connectivity index (χ3v) is 5.01. The van der Waals surface area contributed by atoms with Gasteiger partial charge < -0.3 is 14.0 Å². The second kappa shape index (κ2) is 6.33. The molecule has 1 aromatic heterocycles. The maximum atomic E-state index is 12.5. The van der Waals surface area contributed by atoms with Gasteiger partial charge in [0.2, 0.25) is 0 Å². The van der Waals surface area contributed by atoms with Crippen LogP contribution >= 0.6 is 0 Å². The maximum absolute atomic E-state index is 12.5. The van der Waals surface area contributed by atoms with E-state index in [-0.39, 0.29) is 10.6 Å². The summed E-state index contributed by atoms with van der Waals surface area (Å²) in [4.78, 5) is 11.7. The molecule has 7 nitrogen and oxygen atoms in total. The van der Waals surface area contributed by atoms with E-state index in [1.54, 1.807) is 38.2 Å². The van der Waals surface area contributed by atoms with Crippen LogP contribution in [0.3, 0.4) is 0 Å². The minimum Gasteiger partial charge on any atom is -0.497 e. The minimum atomic E-state index is -3.83. The van der Waals surface area contributed by atoms with Crippen LogP contribution < -0.4 is 9.46 Å². The molecule has 0 unspecified atom stereocenters. The summed E-state index contributed by atoms with van der Waals surface area (Å²) in [5.41, 5.74) is 1.00. The average Bonchev–Trinajstić information content (AvgIpc) is 2.83. The van der Waals surface area contributed by atoms with Crippen molar-refractivity contribution in [2.75, 3.05) is 18.9 Å². The summed E-state index contributed by atoms with van der Waals surface area (Å²) in [6.07, 6.45) is 0. The maximum Gasteiger partial charge on any atom is 0.354 e. The third kappa shape index (κ3) is 3.31. The molecule has 1 aromatic carbocycles. The van der Waals surface area contributed by atoms with Crippen molar-refractivity contribution in [3.8, 4) is 5.75 Å². The highest BCUT2D eigenvalue weighted by Gasteiger charge is 2.24. The van der Waals surface area contributed by atoms with Crippen LogP contribution in [-0.2, 0) is 21.8 Å². The number of carbonyl (C=O) groups is 1. The summed E-state index contributed by atoms with van der Waals surface area (Å²) in [6, 6.07) is 7.78. The molecule has 0 bridgehead atoms. The Morgan fingerprint density at radius 1 is 1.17 bits per heavy atom. The van der Waals surface area contributed by atoms with Crippen LogP contribution in [0.1, 0.15) is 16.2 Å². The molecule has 0 amide bonds. The summed E-state index contributed by atoms with van der Waals surface area (Å²) in [5, 5.41) is 0. The molecule has 1 heterocycles. The molecule has 0 radical (unpaired) electrons. The molecule has 0 aliphatic rings. The zero-order chi connectivity index (χ0) is 17.2. The van der Waals surface area contributed by atoms with Crippen LogP contribution in [-0.4, -0.2) is 33.2 Å². The van der Waals surface area contributed by atoms with E-state index in [2.05, 4.69) is 9.46 Å². The van der Waals surface area contributed by atoms with Gasteiger partial charge in [0.05, 0.1) is 14.2 Å². The Hall–Kier alpha value is -2.48. The van der Waals surface area contributed by atoms with Gasteiger partial charge in [-0.25, -0.2) is 13.2 Å². The second-order valence-electron chi connectivity index (χ2n) is 4.86. The molecule has 0 spiro atoms. The first-order valence-electron chi connectivity index (χ1n) is 6.71. The lowest BCUT2D eigenvalue weighted by Crippen LogP contribution is -2.13. The predicted molar refractivity (Wildman–Crippen MR) is 85.3 cm³/mol. The molecular formula is C15H18N2O5S. The third-order valence-electron chi connectivity index (χ3n) is 3.52. The van der Waals surface area contributed by atoms with Crippen molar-refractivity contribution in [2.45, 2.75) is 11.8 Å². The fraction of sp³-hybridized carbons (Fsp3) is 0.267. The van der Waals surface area contributed by atoms with Gasteiger partial charge in [-0.05, 0) is 37.3 Å². The molecule has 0 atom stereocenters. The number of hydrogen-bond acceptors (Lipinski definition) is 5. The fourth-order valence-electron chi connectivity index (χ4n) is 2.11. The smallest absolute Gasteiger partial charge is 0.354 e. The molecule has 8 heteroatoms. The number of aromatic nitrogens is 1. The summed E-state index contributed by atoms with van der Waals surface area (Å²) in [5.74, 6) is 0.0262. The van der Waals surface area contributed by atoms with Gasteiger partial charge in [-0.3, -0.25) is 4.72 Å². The van der Waals surface area contributed by atoms with Gasteiger partial charge in [-0.2, -0.15) is 0 Å². The Labute approximate surface area is 134 Å². The van der Waals surface area contributed by atoms with E-state index in [1.165, 1.54) is 24.9 Å². The van der Waals surface area contributed by atoms with Crippen molar-refractivity contribution >= 4 is 21.7 Å². The number of carbonyl (C=O) groups excluding carboxylic acids is 1. The summed E-state index contributed by atoms with van der Waals surface area (Å²) >= 11 is 0. The highest BCUT2D eigenvalue weighted by atomic mass is 32.2. The minimum absolute atomic E-state index is 0.0243. The Bertz CT molecular complexity index is 822. The van der Waals surface area contributed by atoms with Crippen molar-refractivity contribution in [3.05, 3.63) is 41.7 Å². The van der Waals surface area contributed by atoms with Crippen molar-refractivity contribution in [2.24, 2.45) is 7.05 Å². The molecule has 124 valence electrons. The number of anilines is 1. The van der Waals surface area contributed by atoms with Gasteiger partial charge in [0.1, 0.15) is 16.3 Å². The number of hydrogen-bond donors (Lipinski definition) is 1. The van der Waals surface area contributed by atoms with Gasteiger partial charge in [0.25, 0.3) is 10.0 Å². The van der Waals surface area contributed by atoms with E-state index < -0.39 is 16.0 Å². The Morgan fingerprint density at radius 2 is 1.78 bits per heavy atom. The molecule has 0 saturated heterocycles. The van der Waals surface area contributed by atoms with Crippen LogP contribution in [0.25, 0.3) is 0 Å². The van der Waals surface area contributed by atoms with Crippen LogP contribution in [0, 0.1) is 6.92 Å². The topological polar surface area (TPSA) is 86.6 Å². The summed E-state index contributed by atoms with van der Waals surface area (Å²) in [6.45, 7) is 1.62.